The Hall–Kier alpha value is -2.77. The minimum Gasteiger partial charge on any atom is -0.480 e. The maximum Gasteiger partial charge on any atom is 0.408 e. The molecule has 0 fully saturated rings. The molecule has 0 saturated carbocycles. The van der Waals surface area contributed by atoms with E-state index < -0.39 is 24.1 Å². The molecule has 24 heavy (non-hydrogen) atoms. The molecule has 0 aliphatic heterocycles. The molecule has 0 saturated heterocycles. The molecule has 132 valence electrons. The van der Waals surface area contributed by atoms with Crippen LogP contribution in [-0.4, -0.2) is 35.9 Å². The van der Waals surface area contributed by atoms with Gasteiger partial charge in [0, 0.05) is 0 Å². The molecule has 4 N–H and O–H groups in total. The zero-order valence-corrected chi connectivity index (χ0v) is 13.7. The Morgan fingerprint density at radius 3 is 2.38 bits per heavy atom. The molecule has 1 aromatic carbocycles. The zero-order valence-electron chi connectivity index (χ0n) is 13.7. The molecule has 0 aromatic heterocycles. The Morgan fingerprint density at radius 2 is 1.79 bits per heavy atom. The number of hydrogen-bond acceptors (Lipinski definition) is 4. The molecular weight excluding hydrogens is 314 g/mol. The minimum absolute atomic E-state index is 0.119. The number of amides is 3. The quantitative estimate of drug-likeness (QED) is 0.538. The number of nitrogens with one attached hydrogen (secondary N) is 3. The van der Waals surface area contributed by atoms with Crippen molar-refractivity contribution >= 4 is 18.1 Å². The summed E-state index contributed by atoms with van der Waals surface area (Å²) in [5, 5.41) is 16.1. The Balaban J connectivity index is 2.24. The van der Waals surface area contributed by atoms with E-state index >= 15 is 0 Å². The Labute approximate surface area is 140 Å². The molecule has 0 heterocycles. The van der Waals surface area contributed by atoms with Gasteiger partial charge in [-0.05, 0) is 17.9 Å². The maximum absolute atomic E-state index is 11.6. The Kier molecular flexibility index (Phi) is 8.10. The average Bonchev–Trinajstić information content (AvgIpc) is 2.52. The molecule has 8 nitrogen and oxygen atoms in total. The third-order valence-corrected chi connectivity index (χ3v) is 3.00. The van der Waals surface area contributed by atoms with Crippen molar-refractivity contribution in [3.8, 4) is 0 Å². The van der Waals surface area contributed by atoms with Gasteiger partial charge in [-0.2, -0.15) is 0 Å². The van der Waals surface area contributed by atoms with Gasteiger partial charge in [0.1, 0.15) is 12.6 Å². The van der Waals surface area contributed by atoms with Gasteiger partial charge in [0.2, 0.25) is 0 Å². The minimum atomic E-state index is -1.10. The number of carboxylic acid groups (broad SMARTS) is 1. The number of urea groups is 1. The lowest BCUT2D eigenvalue weighted by atomic mass is 10.0. The first-order valence-corrected chi connectivity index (χ1v) is 7.60. The lowest BCUT2D eigenvalue weighted by molar-refractivity contribution is -0.139. The van der Waals surface area contributed by atoms with E-state index in [9.17, 15) is 14.4 Å². The van der Waals surface area contributed by atoms with Crippen LogP contribution in [0.1, 0.15) is 25.8 Å². The first-order chi connectivity index (χ1) is 11.4. The van der Waals surface area contributed by atoms with Gasteiger partial charge in [0.15, 0.2) is 0 Å². The number of carboxylic acids is 1. The van der Waals surface area contributed by atoms with Crippen LogP contribution in [0.4, 0.5) is 9.59 Å². The first kappa shape index (κ1) is 19.3. The maximum atomic E-state index is 11.6. The highest BCUT2D eigenvalue weighted by Crippen LogP contribution is 2.04. The summed E-state index contributed by atoms with van der Waals surface area (Å²) in [4.78, 5) is 34.1. The number of carbonyl (C=O) groups excluding carboxylic acids is 2. The van der Waals surface area contributed by atoms with Crippen molar-refractivity contribution in [2.45, 2.75) is 32.9 Å². The third-order valence-electron chi connectivity index (χ3n) is 3.00. The molecule has 1 aromatic rings. The number of aliphatic carboxylic acids is 1. The van der Waals surface area contributed by atoms with Crippen LogP contribution in [0.15, 0.2) is 30.3 Å². The van der Waals surface area contributed by atoms with E-state index in [1.165, 1.54) is 0 Å². The van der Waals surface area contributed by atoms with Crippen molar-refractivity contribution in [2.75, 3.05) is 6.67 Å². The van der Waals surface area contributed by atoms with Crippen molar-refractivity contribution in [1.29, 1.82) is 0 Å². The summed E-state index contributed by atoms with van der Waals surface area (Å²) in [6, 6.07) is 7.51. The van der Waals surface area contributed by atoms with Crippen molar-refractivity contribution < 1.29 is 24.2 Å². The molecule has 0 spiro atoms. The van der Waals surface area contributed by atoms with E-state index in [0.717, 1.165) is 5.56 Å². The number of hydrogen-bond donors (Lipinski definition) is 4. The van der Waals surface area contributed by atoms with Crippen LogP contribution < -0.4 is 16.0 Å². The first-order valence-electron chi connectivity index (χ1n) is 7.60. The van der Waals surface area contributed by atoms with Crippen molar-refractivity contribution in [3.05, 3.63) is 35.9 Å². The molecule has 0 bridgehead atoms. The van der Waals surface area contributed by atoms with E-state index in [4.69, 9.17) is 9.84 Å². The molecular formula is C16H23N3O5. The standard InChI is InChI=1S/C16H23N3O5/c1-11(2)8-13(14(20)21)19-15(22)17-10-18-16(23)24-9-12-6-4-3-5-7-12/h3-7,11,13H,8-10H2,1-2H3,(H,18,23)(H,20,21)(H2,17,19,22)/t13-/m0/s1. The number of rotatable bonds is 8. The van der Waals surface area contributed by atoms with Crippen LogP contribution in [0.2, 0.25) is 0 Å². The predicted octanol–water partition coefficient (Wildman–Crippen LogP) is 1.67. The summed E-state index contributed by atoms with van der Waals surface area (Å²) in [6.45, 7) is 3.67. The van der Waals surface area contributed by atoms with Gasteiger partial charge in [0.25, 0.3) is 0 Å². The van der Waals surface area contributed by atoms with Crippen LogP contribution in [0.5, 0.6) is 0 Å². The van der Waals surface area contributed by atoms with Gasteiger partial charge in [-0.1, -0.05) is 44.2 Å². The van der Waals surface area contributed by atoms with E-state index in [-0.39, 0.29) is 19.2 Å². The lowest BCUT2D eigenvalue weighted by Crippen LogP contribution is -2.49. The van der Waals surface area contributed by atoms with Crippen molar-refractivity contribution in [3.63, 3.8) is 0 Å². The molecule has 1 rings (SSSR count). The molecule has 1 atom stereocenters. The number of carbonyl (C=O) groups is 3. The van der Waals surface area contributed by atoms with E-state index in [0.29, 0.717) is 6.42 Å². The number of benzene rings is 1. The summed E-state index contributed by atoms with van der Waals surface area (Å²) in [7, 11) is 0. The second kappa shape index (κ2) is 10.1. The highest BCUT2D eigenvalue weighted by Gasteiger charge is 2.20. The number of ether oxygens (including phenoxy) is 1. The average molecular weight is 337 g/mol. The zero-order chi connectivity index (χ0) is 17.9. The fourth-order valence-electron chi connectivity index (χ4n) is 1.87. The SMILES string of the molecule is CC(C)C[C@H](NC(=O)NCNC(=O)OCc1ccccc1)C(=O)O. The summed E-state index contributed by atoms with van der Waals surface area (Å²) in [5.41, 5.74) is 0.844. The highest BCUT2D eigenvalue weighted by atomic mass is 16.5. The van der Waals surface area contributed by atoms with Gasteiger partial charge >= 0.3 is 18.1 Å². The number of alkyl carbamates (subject to hydrolysis) is 1. The summed E-state index contributed by atoms with van der Waals surface area (Å²) in [5.74, 6) is -0.980. The summed E-state index contributed by atoms with van der Waals surface area (Å²) in [6.07, 6.45) is -0.369. The second-order valence-electron chi connectivity index (χ2n) is 5.59. The van der Waals surface area contributed by atoms with Gasteiger partial charge in [-0.25, -0.2) is 14.4 Å². The fraction of sp³-hybridized carbons (Fsp3) is 0.438. The molecule has 3 amide bonds. The second-order valence-corrected chi connectivity index (χ2v) is 5.59. The molecule has 0 aliphatic carbocycles. The van der Waals surface area contributed by atoms with Gasteiger partial charge in [-0.3, -0.25) is 0 Å². The smallest absolute Gasteiger partial charge is 0.408 e. The normalized spacial score (nSPS) is 11.5. The Morgan fingerprint density at radius 1 is 1.12 bits per heavy atom. The van der Waals surface area contributed by atoms with Crippen LogP contribution >= 0.6 is 0 Å². The molecule has 0 aliphatic rings. The van der Waals surface area contributed by atoms with Gasteiger partial charge < -0.3 is 25.8 Å². The third kappa shape index (κ3) is 8.02. The topological polar surface area (TPSA) is 117 Å². The Bertz CT molecular complexity index is 548. The van der Waals surface area contributed by atoms with Crippen molar-refractivity contribution in [2.24, 2.45) is 5.92 Å². The molecule has 8 heteroatoms. The van der Waals surface area contributed by atoms with Gasteiger partial charge in [0.05, 0.1) is 6.67 Å². The van der Waals surface area contributed by atoms with Gasteiger partial charge in [-0.15, -0.1) is 0 Å². The van der Waals surface area contributed by atoms with Crippen LogP contribution in [-0.2, 0) is 16.1 Å². The largest absolute Gasteiger partial charge is 0.480 e. The molecule has 0 unspecified atom stereocenters. The van der Waals surface area contributed by atoms with E-state index in [2.05, 4.69) is 16.0 Å². The van der Waals surface area contributed by atoms with Crippen molar-refractivity contribution in [1.82, 2.24) is 16.0 Å². The molecule has 0 radical (unpaired) electrons. The monoisotopic (exact) mass is 337 g/mol. The van der Waals surface area contributed by atoms with E-state index in [1.807, 2.05) is 44.2 Å². The summed E-state index contributed by atoms with van der Waals surface area (Å²) >= 11 is 0. The summed E-state index contributed by atoms with van der Waals surface area (Å²) < 4.78 is 4.97. The van der Waals surface area contributed by atoms with E-state index in [1.54, 1.807) is 0 Å². The van der Waals surface area contributed by atoms with Crippen LogP contribution in [0, 0.1) is 5.92 Å². The predicted molar refractivity (Wildman–Crippen MR) is 87.2 cm³/mol. The fourth-order valence-corrected chi connectivity index (χ4v) is 1.87. The lowest BCUT2D eigenvalue weighted by Gasteiger charge is -2.17. The van der Waals surface area contributed by atoms with Crippen LogP contribution in [0.3, 0.4) is 0 Å². The highest BCUT2D eigenvalue weighted by molar-refractivity contribution is 5.82. The van der Waals surface area contributed by atoms with Crippen LogP contribution in [0.25, 0.3) is 0 Å².